The third-order valence-electron chi connectivity index (χ3n) is 2.33. The molecule has 0 bridgehead atoms. The Morgan fingerprint density at radius 2 is 2.50 bits per heavy atom. The van der Waals surface area contributed by atoms with Gasteiger partial charge in [-0.05, 0) is 12.5 Å². The van der Waals surface area contributed by atoms with Gasteiger partial charge >= 0.3 is 0 Å². The molecule has 0 amide bonds. The number of hydrogen-bond acceptors (Lipinski definition) is 3. The summed E-state index contributed by atoms with van der Waals surface area (Å²) in [6.07, 6.45) is 3.96. The Hall–Kier alpha value is -0.770. The van der Waals surface area contributed by atoms with Gasteiger partial charge in [0.05, 0.1) is 11.9 Å². The Balaban J connectivity index is 2.01. The van der Waals surface area contributed by atoms with Crippen molar-refractivity contribution >= 4 is 17.4 Å². The maximum atomic E-state index is 13.2. The predicted molar refractivity (Wildman–Crippen MR) is 58.1 cm³/mol. The zero-order valence-electron chi connectivity index (χ0n) is 8.03. The highest BCUT2D eigenvalue weighted by Crippen LogP contribution is 2.28. The summed E-state index contributed by atoms with van der Waals surface area (Å²) in [4.78, 5) is 3.71. The van der Waals surface area contributed by atoms with Gasteiger partial charge in [-0.2, -0.15) is 11.8 Å². The van der Waals surface area contributed by atoms with Crippen molar-refractivity contribution in [2.75, 3.05) is 11.1 Å². The van der Waals surface area contributed by atoms with Crippen molar-refractivity contribution in [1.82, 2.24) is 4.98 Å². The van der Waals surface area contributed by atoms with Crippen LogP contribution in [0.25, 0.3) is 0 Å². The summed E-state index contributed by atoms with van der Waals surface area (Å²) in [5, 5.41) is 3.88. The minimum absolute atomic E-state index is 0.267. The fourth-order valence-electron chi connectivity index (χ4n) is 1.63. The number of thioether (sulfide) groups is 1. The van der Waals surface area contributed by atoms with Crippen molar-refractivity contribution in [3.63, 3.8) is 0 Å². The van der Waals surface area contributed by atoms with Gasteiger partial charge in [-0.25, -0.2) is 4.39 Å². The van der Waals surface area contributed by atoms with E-state index in [2.05, 4.69) is 17.2 Å². The predicted octanol–water partition coefficient (Wildman–Crippen LogP) is 2.53. The Morgan fingerprint density at radius 1 is 1.64 bits per heavy atom. The monoisotopic (exact) mass is 212 g/mol. The maximum absolute atomic E-state index is 13.2. The Bertz CT molecular complexity index is 319. The second-order valence-corrected chi connectivity index (χ2v) is 5.05. The fourth-order valence-corrected chi connectivity index (χ4v) is 2.78. The molecule has 14 heavy (non-hydrogen) atoms. The molecule has 4 heteroatoms. The van der Waals surface area contributed by atoms with Gasteiger partial charge in [-0.3, -0.25) is 4.98 Å². The Kier molecular flexibility index (Phi) is 2.91. The minimum Gasteiger partial charge on any atom is -0.379 e. The molecule has 0 saturated carbocycles. The van der Waals surface area contributed by atoms with Gasteiger partial charge in [0.2, 0.25) is 0 Å². The van der Waals surface area contributed by atoms with Crippen molar-refractivity contribution < 1.29 is 4.39 Å². The standard InChI is InChI=1S/C10H13FN2S/c1-7-4-8(6-14-7)13-10-2-3-12-5-9(10)11/h2-3,5,7-8H,4,6H2,1H3,(H,12,13). The number of nitrogens with one attached hydrogen (secondary N) is 1. The van der Waals surface area contributed by atoms with Gasteiger partial charge < -0.3 is 5.32 Å². The Labute approximate surface area is 87.3 Å². The van der Waals surface area contributed by atoms with Crippen molar-refractivity contribution in [1.29, 1.82) is 0 Å². The maximum Gasteiger partial charge on any atom is 0.164 e. The van der Waals surface area contributed by atoms with Crippen molar-refractivity contribution in [3.8, 4) is 0 Å². The molecule has 1 fully saturated rings. The summed E-state index contributed by atoms with van der Waals surface area (Å²) in [7, 11) is 0. The molecule has 1 aromatic heterocycles. The van der Waals surface area contributed by atoms with E-state index in [0.717, 1.165) is 12.2 Å². The molecule has 1 aliphatic heterocycles. The number of hydrogen-bond donors (Lipinski definition) is 1. The first-order chi connectivity index (χ1) is 6.75. The number of anilines is 1. The molecule has 1 N–H and O–H groups in total. The molecule has 2 rings (SSSR count). The van der Waals surface area contributed by atoms with E-state index in [9.17, 15) is 4.39 Å². The van der Waals surface area contributed by atoms with Gasteiger partial charge in [0.1, 0.15) is 0 Å². The second kappa shape index (κ2) is 4.17. The highest BCUT2D eigenvalue weighted by molar-refractivity contribution is 8.00. The molecule has 0 aliphatic carbocycles. The van der Waals surface area contributed by atoms with E-state index in [1.165, 1.54) is 6.20 Å². The minimum atomic E-state index is -0.267. The fraction of sp³-hybridized carbons (Fsp3) is 0.500. The lowest BCUT2D eigenvalue weighted by molar-refractivity contribution is 0.619. The van der Waals surface area contributed by atoms with Crippen LogP contribution in [-0.4, -0.2) is 22.0 Å². The van der Waals surface area contributed by atoms with Crippen molar-refractivity contribution in [3.05, 3.63) is 24.3 Å². The second-order valence-electron chi connectivity index (χ2n) is 3.58. The number of nitrogens with zero attached hydrogens (tertiary/aromatic N) is 1. The van der Waals surface area contributed by atoms with Crippen LogP contribution in [0.3, 0.4) is 0 Å². The smallest absolute Gasteiger partial charge is 0.164 e. The highest BCUT2D eigenvalue weighted by atomic mass is 32.2. The summed E-state index contributed by atoms with van der Waals surface area (Å²) in [6, 6.07) is 2.08. The first-order valence-electron chi connectivity index (χ1n) is 4.73. The van der Waals surface area contributed by atoms with Crippen LogP contribution in [0.5, 0.6) is 0 Å². The average Bonchev–Trinajstić information content (AvgIpc) is 2.56. The summed E-state index contributed by atoms with van der Waals surface area (Å²) >= 11 is 1.93. The van der Waals surface area contributed by atoms with E-state index in [4.69, 9.17) is 0 Å². The SMILES string of the molecule is CC1CC(Nc2ccncc2F)CS1. The molecular weight excluding hydrogens is 199 g/mol. The van der Waals surface area contributed by atoms with E-state index >= 15 is 0 Å². The third-order valence-corrected chi connectivity index (χ3v) is 3.69. The van der Waals surface area contributed by atoms with Gasteiger partial charge in [-0.15, -0.1) is 0 Å². The molecule has 0 radical (unpaired) electrons. The quantitative estimate of drug-likeness (QED) is 0.815. The van der Waals surface area contributed by atoms with Gasteiger partial charge in [0.15, 0.2) is 5.82 Å². The topological polar surface area (TPSA) is 24.9 Å². The number of halogens is 1. The van der Waals surface area contributed by atoms with Crippen LogP contribution in [0.15, 0.2) is 18.5 Å². The number of pyridine rings is 1. The lowest BCUT2D eigenvalue weighted by Crippen LogP contribution is -2.19. The summed E-state index contributed by atoms with van der Waals surface area (Å²) in [6.45, 7) is 2.20. The molecule has 1 aliphatic rings. The van der Waals surface area contributed by atoms with Crippen LogP contribution < -0.4 is 5.32 Å². The van der Waals surface area contributed by atoms with Gasteiger partial charge in [0, 0.05) is 23.2 Å². The van der Waals surface area contributed by atoms with Crippen molar-refractivity contribution in [2.24, 2.45) is 0 Å². The van der Waals surface area contributed by atoms with Crippen LogP contribution in [0, 0.1) is 5.82 Å². The van der Waals surface area contributed by atoms with E-state index < -0.39 is 0 Å². The molecule has 76 valence electrons. The van der Waals surface area contributed by atoms with E-state index in [1.807, 2.05) is 11.8 Å². The molecule has 1 aromatic rings. The highest BCUT2D eigenvalue weighted by Gasteiger charge is 2.22. The van der Waals surface area contributed by atoms with Gasteiger partial charge in [0.25, 0.3) is 0 Å². The molecule has 2 heterocycles. The number of aromatic nitrogens is 1. The molecule has 1 saturated heterocycles. The molecule has 2 unspecified atom stereocenters. The molecular formula is C10H13FN2S. The average molecular weight is 212 g/mol. The first-order valence-corrected chi connectivity index (χ1v) is 5.78. The normalized spacial score (nSPS) is 26.4. The molecule has 2 nitrogen and oxygen atoms in total. The third kappa shape index (κ3) is 2.18. The van der Waals surface area contributed by atoms with E-state index in [0.29, 0.717) is 17.0 Å². The first kappa shape index (κ1) is 9.77. The molecule has 0 spiro atoms. The number of rotatable bonds is 2. The summed E-state index contributed by atoms with van der Waals surface area (Å²) < 4.78 is 13.2. The lowest BCUT2D eigenvalue weighted by atomic mass is 10.2. The molecule has 2 atom stereocenters. The Morgan fingerprint density at radius 3 is 3.14 bits per heavy atom. The van der Waals surface area contributed by atoms with E-state index in [-0.39, 0.29) is 5.82 Å². The zero-order chi connectivity index (χ0) is 9.97. The lowest BCUT2D eigenvalue weighted by Gasteiger charge is -2.13. The van der Waals surface area contributed by atoms with Gasteiger partial charge in [-0.1, -0.05) is 6.92 Å². The largest absolute Gasteiger partial charge is 0.379 e. The zero-order valence-corrected chi connectivity index (χ0v) is 8.85. The van der Waals surface area contributed by atoms with Crippen LogP contribution in [0.2, 0.25) is 0 Å². The van der Waals surface area contributed by atoms with Crippen LogP contribution in [0.1, 0.15) is 13.3 Å². The van der Waals surface area contributed by atoms with Crippen LogP contribution in [-0.2, 0) is 0 Å². The summed E-state index contributed by atoms with van der Waals surface area (Å²) in [5.41, 5.74) is 0.569. The molecule has 0 aromatic carbocycles. The van der Waals surface area contributed by atoms with Crippen LogP contribution >= 0.6 is 11.8 Å². The van der Waals surface area contributed by atoms with Crippen LogP contribution in [0.4, 0.5) is 10.1 Å². The summed E-state index contributed by atoms with van der Waals surface area (Å²) in [5.74, 6) is 0.792. The van der Waals surface area contributed by atoms with E-state index in [1.54, 1.807) is 12.3 Å². The van der Waals surface area contributed by atoms with Crippen molar-refractivity contribution in [2.45, 2.75) is 24.6 Å².